The SMILES string of the molecule is O=C1CNC(=O)N1CC(=O)N1C[C@@H](c2ccccc2)[C@@H]2[C@H](O)CCNC[C@H]21. The third-order valence-corrected chi connectivity index (χ3v) is 5.90. The fourth-order valence-electron chi connectivity index (χ4n) is 4.56. The molecule has 0 aliphatic carbocycles. The Morgan fingerprint density at radius 2 is 2.00 bits per heavy atom. The number of aliphatic hydroxyl groups excluding tert-OH is 1. The first-order valence-corrected chi connectivity index (χ1v) is 9.37. The van der Waals surface area contributed by atoms with Crippen molar-refractivity contribution in [2.75, 3.05) is 32.7 Å². The second-order valence-electron chi connectivity index (χ2n) is 7.41. The number of fused-ring (bicyclic) bond motifs is 1. The van der Waals surface area contributed by atoms with Gasteiger partial charge in [-0.1, -0.05) is 30.3 Å². The Balaban J connectivity index is 1.59. The van der Waals surface area contributed by atoms with E-state index in [1.54, 1.807) is 4.90 Å². The van der Waals surface area contributed by atoms with Gasteiger partial charge in [-0.15, -0.1) is 0 Å². The number of hydrogen-bond donors (Lipinski definition) is 3. The van der Waals surface area contributed by atoms with Crippen LogP contribution in [0.15, 0.2) is 30.3 Å². The zero-order valence-electron chi connectivity index (χ0n) is 15.0. The highest BCUT2D eigenvalue weighted by molar-refractivity contribution is 6.04. The van der Waals surface area contributed by atoms with Crippen molar-refractivity contribution in [1.29, 1.82) is 0 Å². The molecule has 4 amide bonds. The lowest BCUT2D eigenvalue weighted by molar-refractivity contribution is -0.137. The second kappa shape index (κ2) is 7.28. The molecule has 3 saturated heterocycles. The average molecular weight is 372 g/mol. The van der Waals surface area contributed by atoms with Crippen LogP contribution in [0, 0.1) is 5.92 Å². The highest BCUT2D eigenvalue weighted by Crippen LogP contribution is 2.41. The molecule has 3 aliphatic heterocycles. The average Bonchev–Trinajstić information content (AvgIpc) is 3.14. The van der Waals surface area contributed by atoms with Crippen LogP contribution in [-0.4, -0.2) is 77.6 Å². The molecule has 3 N–H and O–H groups in total. The standard InChI is InChI=1S/C19H24N4O4/c24-15-6-7-20-8-14-18(15)13(12-4-2-1-3-5-12)10-22(14)17(26)11-23-16(25)9-21-19(23)27/h1-5,13-15,18,20,24H,6-11H2,(H,21,27)/t13-,14+,15+,18-/m0/s1. The summed E-state index contributed by atoms with van der Waals surface area (Å²) in [7, 11) is 0. The number of carbonyl (C=O) groups excluding carboxylic acids is 3. The van der Waals surface area contributed by atoms with Gasteiger partial charge in [-0.05, 0) is 18.5 Å². The van der Waals surface area contributed by atoms with Crippen LogP contribution in [0.4, 0.5) is 4.79 Å². The van der Waals surface area contributed by atoms with Gasteiger partial charge in [0.2, 0.25) is 5.91 Å². The van der Waals surface area contributed by atoms with Crippen molar-refractivity contribution in [2.24, 2.45) is 5.92 Å². The summed E-state index contributed by atoms with van der Waals surface area (Å²) in [6, 6.07) is 9.23. The predicted octanol–water partition coefficient (Wildman–Crippen LogP) is -0.497. The smallest absolute Gasteiger partial charge is 0.325 e. The van der Waals surface area contributed by atoms with Crippen molar-refractivity contribution in [1.82, 2.24) is 20.4 Å². The van der Waals surface area contributed by atoms with E-state index in [2.05, 4.69) is 10.6 Å². The van der Waals surface area contributed by atoms with Crippen LogP contribution in [-0.2, 0) is 9.59 Å². The van der Waals surface area contributed by atoms with E-state index in [1.165, 1.54) is 0 Å². The van der Waals surface area contributed by atoms with Crippen LogP contribution in [0.2, 0.25) is 0 Å². The largest absolute Gasteiger partial charge is 0.393 e. The number of imide groups is 1. The third-order valence-electron chi connectivity index (χ3n) is 5.90. The number of aliphatic hydroxyl groups is 1. The van der Waals surface area contributed by atoms with Crippen LogP contribution in [0.25, 0.3) is 0 Å². The highest BCUT2D eigenvalue weighted by atomic mass is 16.3. The summed E-state index contributed by atoms with van der Waals surface area (Å²) in [6.07, 6.45) is 0.129. The minimum atomic E-state index is -0.525. The van der Waals surface area contributed by atoms with Gasteiger partial charge < -0.3 is 20.6 Å². The van der Waals surface area contributed by atoms with Crippen LogP contribution in [0.5, 0.6) is 0 Å². The Morgan fingerprint density at radius 3 is 2.70 bits per heavy atom. The number of benzene rings is 1. The maximum atomic E-state index is 13.0. The molecule has 1 aromatic rings. The van der Waals surface area contributed by atoms with Gasteiger partial charge in [-0.3, -0.25) is 14.5 Å². The number of carbonyl (C=O) groups is 3. The molecule has 1 aromatic carbocycles. The van der Waals surface area contributed by atoms with E-state index in [0.29, 0.717) is 26.1 Å². The van der Waals surface area contributed by atoms with Gasteiger partial charge in [-0.25, -0.2) is 4.79 Å². The van der Waals surface area contributed by atoms with Gasteiger partial charge in [0.05, 0.1) is 18.7 Å². The van der Waals surface area contributed by atoms with E-state index in [9.17, 15) is 19.5 Å². The Hall–Kier alpha value is -2.45. The maximum Gasteiger partial charge on any atom is 0.325 e. The summed E-state index contributed by atoms with van der Waals surface area (Å²) in [4.78, 5) is 39.3. The summed E-state index contributed by atoms with van der Waals surface area (Å²) in [5.41, 5.74) is 1.10. The molecule has 0 radical (unpaired) electrons. The lowest BCUT2D eigenvalue weighted by Crippen LogP contribution is -2.49. The minimum Gasteiger partial charge on any atom is -0.393 e. The molecule has 3 fully saturated rings. The lowest BCUT2D eigenvalue weighted by atomic mass is 9.81. The number of rotatable bonds is 3. The lowest BCUT2D eigenvalue weighted by Gasteiger charge is -2.29. The molecule has 0 bridgehead atoms. The fraction of sp³-hybridized carbons (Fsp3) is 0.526. The molecule has 0 saturated carbocycles. The third kappa shape index (κ3) is 3.30. The molecule has 3 heterocycles. The quantitative estimate of drug-likeness (QED) is 0.621. The van der Waals surface area contributed by atoms with Gasteiger partial charge in [0, 0.05) is 24.9 Å². The molecule has 27 heavy (non-hydrogen) atoms. The fourth-order valence-corrected chi connectivity index (χ4v) is 4.56. The predicted molar refractivity (Wildman–Crippen MR) is 96.8 cm³/mol. The number of nitrogens with zero attached hydrogens (tertiary/aromatic N) is 2. The van der Waals surface area contributed by atoms with Crippen molar-refractivity contribution in [3.05, 3.63) is 35.9 Å². The topological polar surface area (TPSA) is 102 Å². The highest BCUT2D eigenvalue weighted by Gasteiger charge is 2.48. The first-order valence-electron chi connectivity index (χ1n) is 9.37. The van der Waals surface area contributed by atoms with Crippen LogP contribution in [0.1, 0.15) is 17.9 Å². The van der Waals surface area contributed by atoms with E-state index in [1.807, 2.05) is 30.3 Å². The molecule has 144 valence electrons. The van der Waals surface area contributed by atoms with E-state index >= 15 is 0 Å². The normalized spacial score (nSPS) is 30.9. The molecular formula is C19H24N4O4. The summed E-state index contributed by atoms with van der Waals surface area (Å²) in [5.74, 6) is -0.694. The first kappa shape index (κ1) is 17.9. The number of hydrogen-bond acceptors (Lipinski definition) is 5. The molecule has 4 atom stereocenters. The van der Waals surface area contributed by atoms with Crippen LogP contribution >= 0.6 is 0 Å². The van der Waals surface area contributed by atoms with Gasteiger partial charge in [0.25, 0.3) is 5.91 Å². The van der Waals surface area contributed by atoms with Gasteiger partial charge in [-0.2, -0.15) is 0 Å². The summed E-state index contributed by atoms with van der Waals surface area (Å²) in [5, 5.41) is 16.5. The number of likely N-dealkylation sites (tertiary alicyclic amines) is 1. The van der Waals surface area contributed by atoms with Crippen LogP contribution < -0.4 is 10.6 Å². The molecule has 3 aliphatic rings. The van der Waals surface area contributed by atoms with E-state index < -0.39 is 12.1 Å². The maximum absolute atomic E-state index is 13.0. The van der Waals surface area contributed by atoms with E-state index in [0.717, 1.165) is 10.5 Å². The van der Waals surface area contributed by atoms with Gasteiger partial charge >= 0.3 is 6.03 Å². The van der Waals surface area contributed by atoms with Crippen molar-refractivity contribution < 1.29 is 19.5 Å². The van der Waals surface area contributed by atoms with E-state index in [4.69, 9.17) is 0 Å². The Kier molecular flexibility index (Phi) is 4.84. The Labute approximate surface area is 157 Å². The molecular weight excluding hydrogens is 348 g/mol. The van der Waals surface area contributed by atoms with Gasteiger partial charge in [0.15, 0.2) is 0 Å². The second-order valence-corrected chi connectivity index (χ2v) is 7.41. The summed E-state index contributed by atoms with van der Waals surface area (Å²) >= 11 is 0. The summed E-state index contributed by atoms with van der Waals surface area (Å²) in [6.45, 7) is 1.44. The zero-order valence-corrected chi connectivity index (χ0v) is 15.0. The van der Waals surface area contributed by atoms with Crippen molar-refractivity contribution in [2.45, 2.75) is 24.5 Å². The molecule has 8 heteroatoms. The van der Waals surface area contributed by atoms with Crippen LogP contribution in [0.3, 0.4) is 0 Å². The van der Waals surface area contributed by atoms with Crippen molar-refractivity contribution in [3.63, 3.8) is 0 Å². The van der Waals surface area contributed by atoms with Gasteiger partial charge in [0.1, 0.15) is 6.54 Å². The Morgan fingerprint density at radius 1 is 1.22 bits per heavy atom. The molecule has 0 spiro atoms. The van der Waals surface area contributed by atoms with Crippen molar-refractivity contribution in [3.8, 4) is 0 Å². The molecule has 4 rings (SSSR count). The monoisotopic (exact) mass is 372 g/mol. The molecule has 0 unspecified atom stereocenters. The molecule has 8 nitrogen and oxygen atoms in total. The number of urea groups is 1. The zero-order chi connectivity index (χ0) is 19.0. The minimum absolute atomic E-state index is 0.0261. The van der Waals surface area contributed by atoms with E-state index in [-0.39, 0.29) is 42.8 Å². The van der Waals surface area contributed by atoms with Crippen molar-refractivity contribution >= 4 is 17.8 Å². The summed E-state index contributed by atoms with van der Waals surface area (Å²) < 4.78 is 0. The first-order chi connectivity index (χ1) is 13.1. The number of nitrogens with one attached hydrogen (secondary N) is 2. The number of amides is 4. The Bertz CT molecular complexity index is 724. The molecule has 0 aromatic heterocycles.